The Hall–Kier alpha value is -2.74. The molecule has 0 bridgehead atoms. The van der Waals surface area contributed by atoms with E-state index in [0.717, 1.165) is 40.1 Å². The smallest absolute Gasteiger partial charge is 0.280 e. The highest BCUT2D eigenvalue weighted by atomic mass is 32.1. The molecule has 0 atom stereocenters. The minimum absolute atomic E-state index is 0.368. The van der Waals surface area contributed by atoms with Gasteiger partial charge in [-0.25, -0.2) is 9.97 Å². The molecule has 2 amide bonds. The molecule has 3 aromatic rings. The number of hydrogen-bond acceptors (Lipinski definition) is 6. The summed E-state index contributed by atoms with van der Waals surface area (Å²) in [4.78, 5) is 35.2. The highest BCUT2D eigenvalue weighted by Crippen LogP contribution is 2.40. The number of carbonyl (C=O) groups is 2. The Bertz CT molecular complexity index is 1030. The summed E-state index contributed by atoms with van der Waals surface area (Å²) >= 11 is 1.32. The molecule has 3 aromatic heterocycles. The minimum Gasteiger partial charge on any atom is -0.469 e. The lowest BCUT2D eigenvalue weighted by Crippen LogP contribution is -2.41. The van der Waals surface area contributed by atoms with E-state index in [-0.39, 0.29) is 5.91 Å². The number of hydrogen-bond donors (Lipinski definition) is 2. The van der Waals surface area contributed by atoms with Crippen molar-refractivity contribution in [2.24, 2.45) is 0 Å². The van der Waals surface area contributed by atoms with Gasteiger partial charge in [0.15, 0.2) is 0 Å². The molecule has 0 aliphatic heterocycles. The quantitative estimate of drug-likeness (QED) is 0.690. The van der Waals surface area contributed by atoms with Crippen molar-refractivity contribution in [1.82, 2.24) is 20.8 Å². The molecule has 1 aliphatic carbocycles. The zero-order chi connectivity index (χ0) is 18.4. The van der Waals surface area contributed by atoms with Crippen LogP contribution in [0.2, 0.25) is 0 Å². The van der Waals surface area contributed by atoms with Crippen molar-refractivity contribution in [2.75, 3.05) is 0 Å². The van der Waals surface area contributed by atoms with Gasteiger partial charge in [-0.05, 0) is 45.2 Å². The molecular formula is C18H18N4O3S. The molecule has 0 aromatic carbocycles. The maximum atomic E-state index is 12.5. The standard InChI is InChI=1S/C18H18N4O3S/c1-8-13-9(2)19-15(11-4-5-11)20-18(13)26-14(8)17(24)22-21-16(23)12-6-7-25-10(12)3/h6-7,11H,4-5H2,1-3H3,(H,21,23)(H,22,24). The van der Waals surface area contributed by atoms with E-state index in [1.54, 1.807) is 13.0 Å². The molecule has 0 radical (unpaired) electrons. The first-order valence-electron chi connectivity index (χ1n) is 8.38. The number of nitrogens with one attached hydrogen (secondary N) is 2. The Morgan fingerprint density at radius 1 is 1.15 bits per heavy atom. The SMILES string of the molecule is Cc1occc1C(=O)NNC(=O)c1sc2nc(C3CC3)nc(C)c2c1C. The van der Waals surface area contributed by atoms with Crippen LogP contribution in [0.3, 0.4) is 0 Å². The van der Waals surface area contributed by atoms with Crippen LogP contribution >= 0.6 is 11.3 Å². The third kappa shape index (κ3) is 2.86. The molecule has 7 nitrogen and oxygen atoms in total. The molecule has 1 fully saturated rings. The van der Waals surface area contributed by atoms with Crippen molar-refractivity contribution in [3.63, 3.8) is 0 Å². The van der Waals surface area contributed by atoms with E-state index in [4.69, 9.17) is 4.42 Å². The van der Waals surface area contributed by atoms with Gasteiger partial charge in [0.25, 0.3) is 11.8 Å². The topological polar surface area (TPSA) is 97.1 Å². The van der Waals surface area contributed by atoms with Crippen molar-refractivity contribution in [3.8, 4) is 0 Å². The molecule has 1 aliphatic rings. The summed E-state index contributed by atoms with van der Waals surface area (Å²) < 4.78 is 5.10. The van der Waals surface area contributed by atoms with E-state index in [1.807, 2.05) is 13.8 Å². The van der Waals surface area contributed by atoms with Gasteiger partial charge in [-0.2, -0.15) is 0 Å². The highest BCUT2D eigenvalue weighted by molar-refractivity contribution is 7.20. The van der Waals surface area contributed by atoms with Gasteiger partial charge in [-0.1, -0.05) is 0 Å². The Balaban J connectivity index is 1.57. The third-order valence-electron chi connectivity index (χ3n) is 4.53. The fourth-order valence-corrected chi connectivity index (χ4v) is 4.09. The lowest BCUT2D eigenvalue weighted by atomic mass is 10.1. The van der Waals surface area contributed by atoms with Crippen LogP contribution in [0.5, 0.6) is 0 Å². The van der Waals surface area contributed by atoms with E-state index in [0.29, 0.717) is 22.1 Å². The monoisotopic (exact) mass is 370 g/mol. The number of fused-ring (bicyclic) bond motifs is 1. The zero-order valence-electron chi connectivity index (χ0n) is 14.7. The fraction of sp³-hybridized carbons (Fsp3) is 0.333. The molecular weight excluding hydrogens is 352 g/mol. The van der Waals surface area contributed by atoms with Crippen LogP contribution in [0, 0.1) is 20.8 Å². The lowest BCUT2D eigenvalue weighted by molar-refractivity contribution is 0.0847. The molecule has 4 rings (SSSR count). The maximum Gasteiger partial charge on any atom is 0.280 e. The van der Waals surface area contributed by atoms with Crippen LogP contribution in [0.15, 0.2) is 16.7 Å². The first kappa shape index (κ1) is 16.7. The Morgan fingerprint density at radius 2 is 1.88 bits per heavy atom. The van der Waals surface area contributed by atoms with E-state index in [9.17, 15) is 9.59 Å². The van der Waals surface area contributed by atoms with Gasteiger partial charge in [0.05, 0.1) is 22.4 Å². The summed E-state index contributed by atoms with van der Waals surface area (Å²) in [6, 6.07) is 1.56. The molecule has 3 heterocycles. The number of rotatable bonds is 3. The number of aromatic nitrogens is 2. The van der Waals surface area contributed by atoms with E-state index < -0.39 is 5.91 Å². The second kappa shape index (κ2) is 6.21. The van der Waals surface area contributed by atoms with Gasteiger partial charge in [-0.15, -0.1) is 11.3 Å². The summed E-state index contributed by atoms with van der Waals surface area (Å²) in [6.45, 7) is 5.51. The van der Waals surface area contributed by atoms with E-state index in [2.05, 4.69) is 20.8 Å². The number of hydrazine groups is 1. The van der Waals surface area contributed by atoms with Gasteiger partial charge in [-0.3, -0.25) is 20.4 Å². The van der Waals surface area contributed by atoms with Crippen molar-refractivity contribution in [3.05, 3.63) is 45.6 Å². The second-order valence-electron chi connectivity index (χ2n) is 6.48. The lowest BCUT2D eigenvalue weighted by Gasteiger charge is -2.06. The summed E-state index contributed by atoms with van der Waals surface area (Å²) in [5, 5.41) is 0.918. The molecule has 1 saturated carbocycles. The van der Waals surface area contributed by atoms with Crippen LogP contribution in [0.25, 0.3) is 10.2 Å². The Morgan fingerprint density at radius 3 is 2.54 bits per heavy atom. The summed E-state index contributed by atoms with van der Waals surface area (Å²) in [5.41, 5.74) is 6.99. The first-order chi connectivity index (χ1) is 12.5. The molecule has 8 heteroatoms. The van der Waals surface area contributed by atoms with E-state index >= 15 is 0 Å². The molecule has 0 spiro atoms. The largest absolute Gasteiger partial charge is 0.469 e. The minimum atomic E-state index is -0.421. The summed E-state index contributed by atoms with van der Waals surface area (Å²) in [7, 11) is 0. The van der Waals surface area contributed by atoms with Crippen LogP contribution in [0.4, 0.5) is 0 Å². The van der Waals surface area contributed by atoms with Gasteiger partial charge in [0.1, 0.15) is 16.4 Å². The first-order valence-corrected chi connectivity index (χ1v) is 9.19. The van der Waals surface area contributed by atoms with Crippen molar-refractivity contribution in [2.45, 2.75) is 39.5 Å². The average molecular weight is 370 g/mol. The van der Waals surface area contributed by atoms with Gasteiger partial charge in [0.2, 0.25) is 0 Å². The van der Waals surface area contributed by atoms with Crippen molar-refractivity contribution >= 4 is 33.4 Å². The highest BCUT2D eigenvalue weighted by Gasteiger charge is 2.28. The predicted molar refractivity (Wildman–Crippen MR) is 97.2 cm³/mol. The van der Waals surface area contributed by atoms with Crippen molar-refractivity contribution < 1.29 is 14.0 Å². The van der Waals surface area contributed by atoms with Crippen LogP contribution in [-0.2, 0) is 0 Å². The van der Waals surface area contributed by atoms with Crippen LogP contribution < -0.4 is 10.9 Å². The number of carbonyl (C=O) groups excluding carboxylic acids is 2. The zero-order valence-corrected chi connectivity index (χ0v) is 15.5. The molecule has 26 heavy (non-hydrogen) atoms. The normalized spacial score (nSPS) is 13.8. The number of furan rings is 1. The molecule has 0 saturated heterocycles. The van der Waals surface area contributed by atoms with Crippen LogP contribution in [0.1, 0.15) is 61.6 Å². The average Bonchev–Trinajstić information content (AvgIpc) is 3.29. The van der Waals surface area contributed by atoms with Gasteiger partial charge in [0, 0.05) is 11.3 Å². The van der Waals surface area contributed by atoms with Gasteiger partial charge >= 0.3 is 0 Å². The van der Waals surface area contributed by atoms with Crippen LogP contribution in [-0.4, -0.2) is 21.8 Å². The van der Waals surface area contributed by atoms with Crippen molar-refractivity contribution in [1.29, 1.82) is 0 Å². The molecule has 0 unspecified atom stereocenters. The second-order valence-corrected chi connectivity index (χ2v) is 7.48. The Kier molecular flexibility index (Phi) is 3.99. The summed E-state index contributed by atoms with van der Waals surface area (Å²) in [5.74, 6) is 1.03. The maximum absolute atomic E-state index is 12.5. The number of amides is 2. The summed E-state index contributed by atoms with van der Waals surface area (Å²) in [6.07, 6.45) is 3.69. The van der Waals surface area contributed by atoms with Gasteiger partial charge < -0.3 is 4.42 Å². The number of nitrogens with zero attached hydrogens (tertiary/aromatic N) is 2. The van der Waals surface area contributed by atoms with E-state index in [1.165, 1.54) is 17.6 Å². The number of aryl methyl sites for hydroxylation is 3. The molecule has 134 valence electrons. The Labute approximate surface area is 153 Å². The predicted octanol–water partition coefficient (Wildman–Crippen LogP) is 3.16. The molecule has 2 N–H and O–H groups in total. The number of thiophene rings is 1. The third-order valence-corrected chi connectivity index (χ3v) is 5.71. The fourth-order valence-electron chi connectivity index (χ4n) is 2.96.